The van der Waals surface area contributed by atoms with E-state index in [0.29, 0.717) is 0 Å². The van der Waals surface area contributed by atoms with Gasteiger partial charge in [0, 0.05) is 26.3 Å². The Labute approximate surface area is 101 Å². The minimum absolute atomic E-state index is 0.842. The van der Waals surface area contributed by atoms with Crippen LogP contribution in [0.1, 0.15) is 32.6 Å². The molecule has 1 rings (SSSR count). The van der Waals surface area contributed by atoms with Crippen LogP contribution < -0.4 is 5.32 Å². The van der Waals surface area contributed by atoms with Crippen LogP contribution in [0.2, 0.25) is 0 Å². The van der Waals surface area contributed by atoms with E-state index in [1.807, 2.05) is 0 Å². The normalized spacial score (nSPS) is 18.2. The first-order chi connectivity index (χ1) is 7.83. The lowest BCUT2D eigenvalue weighted by atomic mass is 10.0. The summed E-state index contributed by atoms with van der Waals surface area (Å²) in [6.45, 7) is 8.87. The number of likely N-dealkylation sites (N-methyl/N-ethyl adjacent to an activating group) is 1. The van der Waals surface area contributed by atoms with Crippen molar-refractivity contribution in [2.24, 2.45) is 5.92 Å². The van der Waals surface area contributed by atoms with E-state index < -0.39 is 0 Å². The van der Waals surface area contributed by atoms with Crippen LogP contribution in [0.25, 0.3) is 0 Å². The monoisotopic (exact) mass is 228 g/mol. The molecule has 0 atom stereocenters. The fourth-order valence-electron chi connectivity index (χ4n) is 2.07. The molecule has 1 aliphatic heterocycles. The Morgan fingerprint density at radius 1 is 1.25 bits per heavy atom. The fraction of sp³-hybridized carbons (Fsp3) is 1.00. The van der Waals surface area contributed by atoms with Crippen molar-refractivity contribution in [1.29, 1.82) is 0 Å². The number of hydrogen-bond acceptors (Lipinski definition) is 3. The predicted octanol–water partition coefficient (Wildman–Crippen LogP) is 1.73. The predicted molar refractivity (Wildman–Crippen MR) is 68.8 cm³/mol. The van der Waals surface area contributed by atoms with Crippen molar-refractivity contribution in [2.75, 3.05) is 46.4 Å². The molecule has 1 saturated heterocycles. The summed E-state index contributed by atoms with van der Waals surface area (Å²) in [7, 11) is 2.21. The second-order valence-corrected chi connectivity index (χ2v) is 4.92. The molecule has 0 unspecified atom stereocenters. The molecule has 0 aromatic carbocycles. The molecule has 0 aromatic rings. The number of unbranched alkanes of at least 4 members (excludes halogenated alkanes) is 1. The van der Waals surface area contributed by atoms with Crippen LogP contribution in [0.15, 0.2) is 0 Å². The van der Waals surface area contributed by atoms with Crippen LogP contribution in [-0.4, -0.2) is 51.3 Å². The summed E-state index contributed by atoms with van der Waals surface area (Å²) in [5.41, 5.74) is 0. The highest BCUT2D eigenvalue weighted by Gasteiger charge is 2.12. The standard InChI is InChI=1S/C13H28N2O/c1-3-4-8-15(2)9-7-14-12-13-5-10-16-11-6-13/h13-14H,3-12H2,1-2H3. The molecule has 0 aliphatic carbocycles. The lowest BCUT2D eigenvalue weighted by molar-refractivity contribution is 0.0662. The zero-order chi connectivity index (χ0) is 11.6. The molecule has 1 heterocycles. The van der Waals surface area contributed by atoms with Crippen molar-refractivity contribution in [3.63, 3.8) is 0 Å². The molecule has 1 fully saturated rings. The van der Waals surface area contributed by atoms with Crippen LogP contribution in [0.5, 0.6) is 0 Å². The van der Waals surface area contributed by atoms with E-state index in [0.717, 1.165) is 25.7 Å². The van der Waals surface area contributed by atoms with Crippen LogP contribution in [0, 0.1) is 5.92 Å². The van der Waals surface area contributed by atoms with Crippen molar-refractivity contribution in [3.05, 3.63) is 0 Å². The van der Waals surface area contributed by atoms with Gasteiger partial charge in [-0.15, -0.1) is 0 Å². The smallest absolute Gasteiger partial charge is 0.0469 e. The minimum atomic E-state index is 0.842. The van der Waals surface area contributed by atoms with Crippen molar-refractivity contribution >= 4 is 0 Å². The average molecular weight is 228 g/mol. The van der Waals surface area contributed by atoms with E-state index in [9.17, 15) is 0 Å². The summed E-state index contributed by atoms with van der Waals surface area (Å²) in [6.07, 6.45) is 5.08. The van der Waals surface area contributed by atoms with Gasteiger partial charge in [-0.25, -0.2) is 0 Å². The number of nitrogens with zero attached hydrogens (tertiary/aromatic N) is 1. The number of hydrogen-bond donors (Lipinski definition) is 1. The SMILES string of the molecule is CCCCN(C)CCNCC1CCOCC1. The highest BCUT2D eigenvalue weighted by molar-refractivity contribution is 4.66. The Bertz CT molecular complexity index is 158. The van der Waals surface area contributed by atoms with Gasteiger partial charge in [-0.1, -0.05) is 13.3 Å². The van der Waals surface area contributed by atoms with Gasteiger partial charge in [0.2, 0.25) is 0 Å². The van der Waals surface area contributed by atoms with E-state index >= 15 is 0 Å². The molecular weight excluding hydrogens is 200 g/mol. The Balaban J connectivity index is 1.90. The lowest BCUT2D eigenvalue weighted by Crippen LogP contribution is -2.34. The molecule has 0 spiro atoms. The Morgan fingerprint density at radius 2 is 2.00 bits per heavy atom. The molecule has 0 radical (unpaired) electrons. The summed E-state index contributed by atoms with van der Waals surface area (Å²) in [5.74, 6) is 0.842. The summed E-state index contributed by atoms with van der Waals surface area (Å²) < 4.78 is 5.35. The van der Waals surface area contributed by atoms with Gasteiger partial charge in [-0.05, 0) is 45.3 Å². The third-order valence-corrected chi connectivity index (χ3v) is 3.34. The van der Waals surface area contributed by atoms with Gasteiger partial charge in [0.15, 0.2) is 0 Å². The zero-order valence-electron chi connectivity index (χ0n) is 11.0. The summed E-state index contributed by atoms with van der Waals surface area (Å²) in [6, 6.07) is 0. The first-order valence-electron chi connectivity index (χ1n) is 6.80. The molecule has 1 aliphatic rings. The summed E-state index contributed by atoms with van der Waals surface area (Å²) >= 11 is 0. The Hall–Kier alpha value is -0.120. The highest BCUT2D eigenvalue weighted by Crippen LogP contribution is 2.12. The number of nitrogens with one attached hydrogen (secondary N) is 1. The van der Waals surface area contributed by atoms with Crippen molar-refractivity contribution in [2.45, 2.75) is 32.6 Å². The van der Waals surface area contributed by atoms with Crippen LogP contribution in [0.3, 0.4) is 0 Å². The van der Waals surface area contributed by atoms with Gasteiger partial charge in [0.05, 0.1) is 0 Å². The fourth-order valence-corrected chi connectivity index (χ4v) is 2.07. The molecule has 3 nitrogen and oxygen atoms in total. The van der Waals surface area contributed by atoms with E-state index in [1.165, 1.54) is 45.3 Å². The van der Waals surface area contributed by atoms with Crippen LogP contribution >= 0.6 is 0 Å². The minimum Gasteiger partial charge on any atom is -0.381 e. The van der Waals surface area contributed by atoms with Gasteiger partial charge < -0.3 is 15.0 Å². The van der Waals surface area contributed by atoms with Gasteiger partial charge in [-0.3, -0.25) is 0 Å². The molecule has 0 aromatic heterocycles. The molecule has 0 amide bonds. The second-order valence-electron chi connectivity index (χ2n) is 4.92. The maximum atomic E-state index is 5.35. The van der Waals surface area contributed by atoms with Gasteiger partial charge in [0.1, 0.15) is 0 Å². The third-order valence-electron chi connectivity index (χ3n) is 3.34. The number of ether oxygens (including phenoxy) is 1. The average Bonchev–Trinajstić information content (AvgIpc) is 2.33. The van der Waals surface area contributed by atoms with E-state index in [1.54, 1.807) is 0 Å². The molecule has 0 saturated carbocycles. The third kappa shape index (κ3) is 6.46. The second kappa shape index (κ2) is 8.97. The Kier molecular flexibility index (Phi) is 7.81. The van der Waals surface area contributed by atoms with Gasteiger partial charge >= 0.3 is 0 Å². The zero-order valence-corrected chi connectivity index (χ0v) is 11.0. The van der Waals surface area contributed by atoms with E-state index in [2.05, 4.69) is 24.2 Å². The van der Waals surface area contributed by atoms with Crippen LogP contribution in [0.4, 0.5) is 0 Å². The maximum Gasteiger partial charge on any atom is 0.0469 e. The van der Waals surface area contributed by atoms with Crippen molar-refractivity contribution < 1.29 is 4.74 Å². The molecule has 1 N–H and O–H groups in total. The molecule has 3 heteroatoms. The van der Waals surface area contributed by atoms with E-state index in [4.69, 9.17) is 4.74 Å². The highest BCUT2D eigenvalue weighted by atomic mass is 16.5. The van der Waals surface area contributed by atoms with E-state index in [-0.39, 0.29) is 0 Å². The maximum absolute atomic E-state index is 5.35. The molecule has 0 bridgehead atoms. The van der Waals surface area contributed by atoms with Crippen molar-refractivity contribution in [3.8, 4) is 0 Å². The molecule has 96 valence electrons. The Morgan fingerprint density at radius 3 is 2.69 bits per heavy atom. The first-order valence-corrected chi connectivity index (χ1v) is 6.80. The molecule has 16 heavy (non-hydrogen) atoms. The summed E-state index contributed by atoms with van der Waals surface area (Å²) in [4.78, 5) is 2.42. The van der Waals surface area contributed by atoms with Gasteiger partial charge in [0.25, 0.3) is 0 Å². The lowest BCUT2D eigenvalue weighted by Gasteiger charge is -2.23. The largest absolute Gasteiger partial charge is 0.381 e. The quantitative estimate of drug-likeness (QED) is 0.640. The van der Waals surface area contributed by atoms with Gasteiger partial charge in [-0.2, -0.15) is 0 Å². The van der Waals surface area contributed by atoms with Crippen molar-refractivity contribution in [1.82, 2.24) is 10.2 Å². The van der Waals surface area contributed by atoms with Crippen LogP contribution in [-0.2, 0) is 4.74 Å². The number of rotatable bonds is 8. The summed E-state index contributed by atoms with van der Waals surface area (Å²) in [5, 5.41) is 3.57. The molecular formula is C13H28N2O. The topological polar surface area (TPSA) is 24.5 Å². The first kappa shape index (κ1) is 13.9.